The summed E-state index contributed by atoms with van der Waals surface area (Å²) in [6, 6.07) is 7.32. The molecule has 0 aliphatic heterocycles. The number of benzene rings is 1. The van der Waals surface area contributed by atoms with E-state index in [-0.39, 0.29) is 11.0 Å². The zero-order valence-corrected chi connectivity index (χ0v) is 11.8. The fraction of sp³-hybridized carbons (Fsp3) is 0.214. The third kappa shape index (κ3) is 2.46. The summed E-state index contributed by atoms with van der Waals surface area (Å²) in [5.74, 6) is 0.284. The highest BCUT2D eigenvalue weighted by Gasteiger charge is 2.15. The Balaban J connectivity index is 1.91. The van der Waals surface area contributed by atoms with Gasteiger partial charge >= 0.3 is 0 Å². The molecule has 1 atom stereocenters. The number of imidazole rings is 1. The number of hydrogen-bond donors (Lipinski definition) is 2. The topological polar surface area (TPSA) is 74.7 Å². The minimum absolute atomic E-state index is 0.275. The number of fused-ring (bicyclic) bond motifs is 1. The van der Waals surface area contributed by atoms with Crippen LogP contribution in [0.1, 0.15) is 24.2 Å². The molecule has 2 heterocycles. The molecule has 102 valence electrons. The van der Waals surface area contributed by atoms with Gasteiger partial charge in [0.25, 0.3) is 0 Å². The fourth-order valence-corrected chi connectivity index (χ4v) is 3.15. The maximum absolute atomic E-state index is 9.37. The summed E-state index contributed by atoms with van der Waals surface area (Å²) in [7, 11) is 0. The van der Waals surface area contributed by atoms with Gasteiger partial charge in [0.15, 0.2) is 5.65 Å². The summed E-state index contributed by atoms with van der Waals surface area (Å²) >= 11 is 1.68. The SMILES string of the molecule is CCC(Sc1ncnc2nc[nH]c12)c1ccc(O)cc1. The van der Waals surface area contributed by atoms with Crippen molar-refractivity contribution in [2.24, 2.45) is 0 Å². The molecule has 20 heavy (non-hydrogen) atoms. The lowest BCUT2D eigenvalue weighted by molar-refractivity contribution is 0.475. The number of aromatic hydroxyl groups is 1. The van der Waals surface area contributed by atoms with Crippen LogP contribution >= 0.6 is 11.8 Å². The molecule has 1 aromatic carbocycles. The Morgan fingerprint density at radius 1 is 1.20 bits per heavy atom. The molecule has 0 radical (unpaired) electrons. The van der Waals surface area contributed by atoms with E-state index < -0.39 is 0 Å². The number of nitrogens with one attached hydrogen (secondary N) is 1. The molecular formula is C14H14N4OS. The number of aromatic amines is 1. The molecule has 2 N–H and O–H groups in total. The van der Waals surface area contributed by atoms with E-state index in [1.807, 2.05) is 12.1 Å². The molecule has 0 bridgehead atoms. The maximum atomic E-state index is 9.37. The van der Waals surface area contributed by atoms with Gasteiger partial charge in [-0.15, -0.1) is 0 Å². The Hall–Kier alpha value is -2.08. The van der Waals surface area contributed by atoms with Crippen LogP contribution in [0, 0.1) is 0 Å². The van der Waals surface area contributed by atoms with Gasteiger partial charge in [-0.1, -0.05) is 30.8 Å². The molecule has 5 nitrogen and oxygen atoms in total. The van der Waals surface area contributed by atoms with Crippen LogP contribution in [0.25, 0.3) is 11.2 Å². The first-order valence-electron chi connectivity index (χ1n) is 6.37. The predicted molar refractivity (Wildman–Crippen MR) is 78.7 cm³/mol. The first-order chi connectivity index (χ1) is 9.78. The summed E-state index contributed by atoms with van der Waals surface area (Å²) in [5.41, 5.74) is 2.72. The smallest absolute Gasteiger partial charge is 0.181 e. The number of nitrogens with zero attached hydrogens (tertiary/aromatic N) is 3. The van der Waals surface area contributed by atoms with Crippen LogP contribution in [0.3, 0.4) is 0 Å². The third-order valence-electron chi connectivity index (χ3n) is 3.08. The number of H-pyrrole nitrogens is 1. The van der Waals surface area contributed by atoms with Gasteiger partial charge in [0.1, 0.15) is 22.6 Å². The first-order valence-corrected chi connectivity index (χ1v) is 7.25. The lowest BCUT2D eigenvalue weighted by atomic mass is 10.1. The van der Waals surface area contributed by atoms with Crippen molar-refractivity contribution in [2.45, 2.75) is 23.6 Å². The quantitative estimate of drug-likeness (QED) is 0.568. The Labute approximate surface area is 120 Å². The summed E-state index contributed by atoms with van der Waals surface area (Å²) in [6.45, 7) is 2.13. The largest absolute Gasteiger partial charge is 0.508 e. The summed E-state index contributed by atoms with van der Waals surface area (Å²) in [5, 5.41) is 10.5. The number of thioether (sulfide) groups is 1. The average Bonchev–Trinajstić information content (AvgIpc) is 2.95. The summed E-state index contributed by atoms with van der Waals surface area (Å²) in [4.78, 5) is 15.7. The van der Waals surface area contributed by atoms with Gasteiger partial charge in [0.05, 0.1) is 6.33 Å². The minimum atomic E-state index is 0.275. The zero-order valence-electron chi connectivity index (χ0n) is 10.9. The Morgan fingerprint density at radius 2 is 2.00 bits per heavy atom. The molecule has 0 amide bonds. The van der Waals surface area contributed by atoms with Gasteiger partial charge in [-0.2, -0.15) is 0 Å². The van der Waals surface area contributed by atoms with Crippen LogP contribution < -0.4 is 0 Å². The van der Waals surface area contributed by atoms with Crippen LogP contribution in [-0.2, 0) is 0 Å². The van der Waals surface area contributed by atoms with Crippen LogP contribution in [0.2, 0.25) is 0 Å². The zero-order chi connectivity index (χ0) is 13.9. The number of rotatable bonds is 4. The van der Waals surface area contributed by atoms with E-state index in [2.05, 4.69) is 26.9 Å². The van der Waals surface area contributed by atoms with Crippen molar-refractivity contribution in [3.05, 3.63) is 42.5 Å². The Kier molecular flexibility index (Phi) is 3.56. The van der Waals surface area contributed by atoms with Crippen LogP contribution in [-0.4, -0.2) is 25.0 Å². The van der Waals surface area contributed by atoms with E-state index in [9.17, 15) is 5.11 Å². The van der Waals surface area contributed by atoms with Crippen LogP contribution in [0.4, 0.5) is 0 Å². The maximum Gasteiger partial charge on any atom is 0.181 e. The molecule has 1 unspecified atom stereocenters. The molecule has 0 saturated heterocycles. The van der Waals surface area contributed by atoms with Crippen molar-refractivity contribution in [3.63, 3.8) is 0 Å². The monoisotopic (exact) mass is 286 g/mol. The second kappa shape index (κ2) is 5.50. The molecular weight excluding hydrogens is 272 g/mol. The molecule has 3 aromatic rings. The highest BCUT2D eigenvalue weighted by atomic mass is 32.2. The van der Waals surface area contributed by atoms with Crippen molar-refractivity contribution in [2.75, 3.05) is 0 Å². The lowest BCUT2D eigenvalue weighted by Gasteiger charge is -2.14. The number of phenols is 1. The van der Waals surface area contributed by atoms with Crippen LogP contribution in [0.5, 0.6) is 5.75 Å². The van der Waals surface area contributed by atoms with Crippen molar-refractivity contribution in [1.29, 1.82) is 0 Å². The number of hydrogen-bond acceptors (Lipinski definition) is 5. The van der Waals surface area contributed by atoms with Gasteiger partial charge in [0, 0.05) is 5.25 Å². The molecule has 3 rings (SSSR count). The van der Waals surface area contributed by atoms with Gasteiger partial charge in [0.2, 0.25) is 0 Å². The highest BCUT2D eigenvalue weighted by molar-refractivity contribution is 7.99. The molecule has 0 aliphatic carbocycles. The van der Waals surface area contributed by atoms with Crippen molar-refractivity contribution < 1.29 is 5.11 Å². The van der Waals surface area contributed by atoms with Gasteiger partial charge in [-0.25, -0.2) is 15.0 Å². The normalized spacial score (nSPS) is 12.7. The first kappa shape index (κ1) is 12.9. The second-order valence-corrected chi connectivity index (χ2v) is 5.58. The summed E-state index contributed by atoms with van der Waals surface area (Å²) in [6.07, 6.45) is 4.13. The van der Waals surface area contributed by atoms with Gasteiger partial charge in [-0.05, 0) is 24.1 Å². The molecule has 0 aliphatic rings. The minimum Gasteiger partial charge on any atom is -0.508 e. The predicted octanol–water partition coefficient (Wildman–Crippen LogP) is 3.30. The fourth-order valence-electron chi connectivity index (χ4n) is 2.04. The van der Waals surface area contributed by atoms with Gasteiger partial charge < -0.3 is 10.1 Å². The number of aromatic nitrogens is 4. The van der Waals surface area contributed by atoms with E-state index >= 15 is 0 Å². The van der Waals surface area contributed by atoms with Crippen molar-refractivity contribution in [1.82, 2.24) is 19.9 Å². The molecule has 2 aromatic heterocycles. The Bertz CT molecular complexity index is 711. The molecule has 0 spiro atoms. The molecule has 0 saturated carbocycles. The van der Waals surface area contributed by atoms with Crippen molar-refractivity contribution in [3.8, 4) is 5.75 Å². The summed E-state index contributed by atoms with van der Waals surface area (Å²) < 4.78 is 0. The Morgan fingerprint density at radius 3 is 2.75 bits per heavy atom. The second-order valence-electron chi connectivity index (χ2n) is 4.39. The van der Waals surface area contributed by atoms with E-state index in [0.29, 0.717) is 5.65 Å². The van der Waals surface area contributed by atoms with E-state index in [0.717, 1.165) is 17.0 Å². The van der Waals surface area contributed by atoms with Crippen molar-refractivity contribution >= 4 is 22.9 Å². The highest BCUT2D eigenvalue weighted by Crippen LogP contribution is 2.38. The average molecular weight is 286 g/mol. The molecule has 0 fully saturated rings. The number of phenolic OH excluding ortho intramolecular Hbond substituents is 1. The van der Waals surface area contributed by atoms with Crippen LogP contribution in [0.15, 0.2) is 41.9 Å². The molecule has 6 heteroatoms. The van der Waals surface area contributed by atoms with Gasteiger partial charge in [-0.3, -0.25) is 0 Å². The van der Waals surface area contributed by atoms with E-state index in [1.54, 1.807) is 30.2 Å². The van der Waals surface area contributed by atoms with E-state index in [4.69, 9.17) is 0 Å². The van der Waals surface area contributed by atoms with E-state index in [1.165, 1.54) is 11.9 Å². The third-order valence-corrected chi connectivity index (χ3v) is 4.50. The standard InChI is InChI=1S/C14H14N4OS/c1-2-11(9-3-5-10(19)6-4-9)20-14-12-13(16-7-15-12)17-8-18-14/h3-8,11,19H,2H2,1H3,(H,15,16,17,18). The lowest BCUT2D eigenvalue weighted by Crippen LogP contribution is -1.94.